The van der Waals surface area contributed by atoms with E-state index in [0.29, 0.717) is 6.61 Å². The fraction of sp³-hybridized carbons (Fsp3) is 0.318. The lowest BCUT2D eigenvalue weighted by atomic mass is 9.88. The number of rotatable bonds is 5. The summed E-state index contributed by atoms with van der Waals surface area (Å²) in [6, 6.07) is 19.6. The molecule has 1 aliphatic heterocycles. The highest BCUT2D eigenvalue weighted by Gasteiger charge is 2.30. The number of benzene rings is 2. The Kier molecular flexibility index (Phi) is 5.74. The maximum absolute atomic E-state index is 10.4. The summed E-state index contributed by atoms with van der Waals surface area (Å²) in [6.45, 7) is 6.78. The molecule has 0 saturated heterocycles. The van der Waals surface area contributed by atoms with Crippen molar-refractivity contribution < 1.29 is 9.84 Å². The van der Waals surface area contributed by atoms with Gasteiger partial charge in [0.15, 0.2) is 6.23 Å². The number of amidine groups is 1. The van der Waals surface area contributed by atoms with Crippen LogP contribution in [-0.2, 0) is 11.3 Å². The average molecular weight is 350 g/mol. The molecule has 0 amide bonds. The van der Waals surface area contributed by atoms with Gasteiger partial charge in [-0.15, -0.1) is 0 Å². The Balaban J connectivity index is 1.75. The number of nitrogens with zero attached hydrogens (tertiary/aromatic N) is 1. The molecule has 0 aliphatic carbocycles. The first-order valence-corrected chi connectivity index (χ1v) is 9.01. The lowest BCUT2D eigenvalue weighted by molar-refractivity contribution is 0.149. The van der Waals surface area contributed by atoms with Crippen LogP contribution in [0.4, 0.5) is 0 Å². The van der Waals surface area contributed by atoms with Crippen molar-refractivity contribution in [1.82, 2.24) is 5.32 Å². The molecule has 2 aromatic rings. The van der Waals surface area contributed by atoms with E-state index in [-0.39, 0.29) is 11.8 Å². The van der Waals surface area contributed by atoms with Crippen molar-refractivity contribution in [3.05, 3.63) is 83.2 Å². The van der Waals surface area contributed by atoms with E-state index < -0.39 is 6.23 Å². The van der Waals surface area contributed by atoms with Gasteiger partial charge in [-0.2, -0.15) is 0 Å². The quantitative estimate of drug-likeness (QED) is 0.840. The van der Waals surface area contributed by atoms with Crippen molar-refractivity contribution in [2.45, 2.75) is 33.6 Å². The Hall–Kier alpha value is -2.59. The van der Waals surface area contributed by atoms with Gasteiger partial charge in [0.05, 0.1) is 5.70 Å². The molecule has 4 heteroatoms. The number of hydrogen-bond donors (Lipinski definition) is 2. The number of nitrogens with one attached hydrogen (secondary N) is 1. The summed E-state index contributed by atoms with van der Waals surface area (Å²) in [6.07, 6.45) is -0.868. The molecule has 0 saturated carbocycles. The number of hydrogen-bond acceptors (Lipinski definition) is 3. The van der Waals surface area contributed by atoms with Crippen LogP contribution in [0.1, 0.15) is 38.1 Å². The highest BCUT2D eigenvalue weighted by atomic mass is 16.5. The van der Waals surface area contributed by atoms with E-state index >= 15 is 0 Å². The predicted octanol–water partition coefficient (Wildman–Crippen LogP) is 4.40. The van der Waals surface area contributed by atoms with E-state index in [1.807, 2.05) is 55.5 Å². The van der Waals surface area contributed by atoms with Crippen LogP contribution in [0, 0.1) is 11.8 Å². The smallest absolute Gasteiger partial charge is 0.173 e. The third-order valence-corrected chi connectivity index (χ3v) is 4.88. The molecule has 0 aromatic heterocycles. The fourth-order valence-corrected chi connectivity index (χ4v) is 3.13. The fourth-order valence-electron chi connectivity index (χ4n) is 3.13. The Morgan fingerprint density at radius 2 is 1.62 bits per heavy atom. The lowest BCUT2D eigenvalue weighted by Crippen LogP contribution is -2.39. The molecule has 0 spiro atoms. The monoisotopic (exact) mass is 350 g/mol. The average Bonchev–Trinajstić information content (AvgIpc) is 2.67. The molecule has 26 heavy (non-hydrogen) atoms. The number of allylic oxidation sites excluding steroid dienone is 2. The first-order valence-electron chi connectivity index (χ1n) is 9.01. The van der Waals surface area contributed by atoms with Crippen LogP contribution in [0.5, 0.6) is 0 Å². The molecule has 3 rings (SSSR count). The zero-order valence-corrected chi connectivity index (χ0v) is 15.5. The van der Waals surface area contributed by atoms with E-state index in [4.69, 9.17) is 4.74 Å². The Bertz CT molecular complexity index is 784. The summed E-state index contributed by atoms with van der Waals surface area (Å²) < 4.78 is 6.10. The molecule has 136 valence electrons. The summed E-state index contributed by atoms with van der Waals surface area (Å²) in [5.41, 5.74) is 2.88. The Labute approximate surface area is 155 Å². The van der Waals surface area contributed by atoms with Crippen LogP contribution in [0.15, 0.2) is 77.1 Å². The van der Waals surface area contributed by atoms with Gasteiger partial charge in [-0.3, -0.25) is 0 Å². The van der Waals surface area contributed by atoms with Gasteiger partial charge in [0.2, 0.25) is 0 Å². The molecule has 2 N–H and O–H groups in total. The zero-order valence-electron chi connectivity index (χ0n) is 15.5. The van der Waals surface area contributed by atoms with Crippen molar-refractivity contribution in [2.75, 3.05) is 0 Å². The summed E-state index contributed by atoms with van der Waals surface area (Å²) in [5.74, 6) is 2.05. The predicted molar refractivity (Wildman–Crippen MR) is 104 cm³/mol. The van der Waals surface area contributed by atoms with Crippen molar-refractivity contribution >= 4 is 5.84 Å². The van der Waals surface area contributed by atoms with Crippen LogP contribution in [0.3, 0.4) is 0 Å². The molecule has 1 aliphatic rings. The van der Waals surface area contributed by atoms with Gasteiger partial charge in [0, 0.05) is 17.4 Å². The number of aliphatic hydroxyl groups excluding tert-OH is 1. The van der Waals surface area contributed by atoms with Crippen LogP contribution in [-0.4, -0.2) is 10.9 Å². The molecule has 3 atom stereocenters. The van der Waals surface area contributed by atoms with Crippen LogP contribution >= 0.6 is 0 Å². The van der Waals surface area contributed by atoms with E-state index in [1.54, 1.807) is 0 Å². The molecular weight excluding hydrogens is 324 g/mol. The molecule has 2 aromatic carbocycles. The highest BCUT2D eigenvalue weighted by molar-refractivity contribution is 5.87. The molecule has 3 unspecified atom stereocenters. The largest absolute Gasteiger partial charge is 0.491 e. The molecule has 0 fully saturated rings. The minimum atomic E-state index is -0.868. The summed E-state index contributed by atoms with van der Waals surface area (Å²) >= 11 is 0. The van der Waals surface area contributed by atoms with Crippen molar-refractivity contribution in [3.63, 3.8) is 0 Å². The SMILES string of the molecule is CC1=C(OCc2ccccc2)C(C)C(C)/C(=N\C(O)c2ccccc2)N1. The third-order valence-electron chi connectivity index (χ3n) is 4.88. The van der Waals surface area contributed by atoms with E-state index in [1.165, 1.54) is 0 Å². The van der Waals surface area contributed by atoms with Gasteiger partial charge in [-0.1, -0.05) is 74.5 Å². The van der Waals surface area contributed by atoms with Gasteiger partial charge >= 0.3 is 0 Å². The van der Waals surface area contributed by atoms with Crippen LogP contribution in [0.2, 0.25) is 0 Å². The van der Waals surface area contributed by atoms with E-state index in [2.05, 4.69) is 36.3 Å². The topological polar surface area (TPSA) is 53.9 Å². The number of aliphatic hydroxyl groups is 1. The molecular formula is C22H26N2O2. The highest BCUT2D eigenvalue weighted by Crippen LogP contribution is 2.30. The van der Waals surface area contributed by atoms with Gasteiger partial charge in [0.1, 0.15) is 18.2 Å². The second kappa shape index (κ2) is 8.19. The van der Waals surface area contributed by atoms with Crippen LogP contribution < -0.4 is 5.32 Å². The molecule has 0 bridgehead atoms. The number of aliphatic imine (C=N–C) groups is 1. The summed E-state index contributed by atoms with van der Waals surface area (Å²) in [5, 5.41) is 13.7. The van der Waals surface area contributed by atoms with Gasteiger partial charge in [-0.25, -0.2) is 4.99 Å². The van der Waals surface area contributed by atoms with Crippen LogP contribution in [0.25, 0.3) is 0 Å². The normalized spacial score (nSPS) is 22.8. The first kappa shape index (κ1) is 18.2. The molecule has 1 heterocycles. The minimum absolute atomic E-state index is 0.128. The summed E-state index contributed by atoms with van der Waals surface area (Å²) in [7, 11) is 0. The lowest BCUT2D eigenvalue weighted by Gasteiger charge is -2.32. The second-order valence-electron chi connectivity index (χ2n) is 6.76. The minimum Gasteiger partial charge on any atom is -0.491 e. The van der Waals surface area contributed by atoms with Crippen molar-refractivity contribution in [2.24, 2.45) is 16.8 Å². The first-order chi connectivity index (χ1) is 12.6. The molecule has 4 nitrogen and oxygen atoms in total. The second-order valence-corrected chi connectivity index (χ2v) is 6.76. The van der Waals surface area contributed by atoms with E-state index in [0.717, 1.165) is 28.4 Å². The zero-order chi connectivity index (χ0) is 18.5. The number of ether oxygens (including phenoxy) is 1. The third kappa shape index (κ3) is 4.14. The van der Waals surface area contributed by atoms with Gasteiger partial charge in [-0.05, 0) is 12.5 Å². The Morgan fingerprint density at radius 1 is 1.00 bits per heavy atom. The van der Waals surface area contributed by atoms with Crippen molar-refractivity contribution in [1.29, 1.82) is 0 Å². The molecule has 0 radical (unpaired) electrons. The maximum Gasteiger partial charge on any atom is 0.173 e. The Morgan fingerprint density at radius 3 is 2.27 bits per heavy atom. The van der Waals surface area contributed by atoms with E-state index in [9.17, 15) is 5.11 Å². The maximum atomic E-state index is 10.4. The van der Waals surface area contributed by atoms with Crippen molar-refractivity contribution in [3.8, 4) is 0 Å². The standard InChI is InChI=1S/C22H26N2O2/c1-15-16(2)21(24-22(25)19-12-8-5-9-13-19)23-17(3)20(15)26-14-18-10-6-4-7-11-18/h4-13,15-16,22,25H,14H2,1-3H3,(H,23,24). The van der Waals surface area contributed by atoms with Gasteiger partial charge in [0.25, 0.3) is 0 Å². The summed E-state index contributed by atoms with van der Waals surface area (Å²) in [4.78, 5) is 4.51. The van der Waals surface area contributed by atoms with Gasteiger partial charge < -0.3 is 15.2 Å².